The molecule has 0 aliphatic heterocycles. The van der Waals surface area contributed by atoms with Crippen LogP contribution in [0.3, 0.4) is 0 Å². The predicted octanol–water partition coefficient (Wildman–Crippen LogP) is 3.90. The molecule has 1 nitrogen and oxygen atoms in total. The maximum absolute atomic E-state index is 5.54. The molecule has 0 aliphatic rings. The van der Waals surface area contributed by atoms with Gasteiger partial charge >= 0.3 is 0 Å². The number of hydrogen-bond donors (Lipinski definition) is 1. The fourth-order valence-corrected chi connectivity index (χ4v) is 1.80. The molecule has 0 rings (SSSR count). The van der Waals surface area contributed by atoms with Crippen LogP contribution < -0.4 is 5.64 Å². The molecule has 0 aliphatic carbocycles. The topological polar surface area (TPSA) is 26.0 Å². The molecule has 0 amide bonds. The highest BCUT2D eigenvalue weighted by Crippen LogP contribution is 2.17. The minimum Gasteiger partial charge on any atom is -0.374 e. The summed E-state index contributed by atoms with van der Waals surface area (Å²) in [5.41, 5.74) is 5.54. The zero-order chi connectivity index (χ0) is 10.6. The van der Waals surface area contributed by atoms with E-state index in [0.29, 0.717) is 5.82 Å². The van der Waals surface area contributed by atoms with Gasteiger partial charge in [0.15, 0.2) is 0 Å². The Bertz CT molecular complexity index is 102. The molecule has 0 saturated heterocycles. The van der Waals surface area contributed by atoms with Gasteiger partial charge in [-0.25, -0.2) is 0 Å². The lowest BCUT2D eigenvalue weighted by Gasteiger charge is -2.09. The molecule has 1 atom stereocenters. The maximum Gasteiger partial charge on any atom is 0.205 e. The van der Waals surface area contributed by atoms with Crippen molar-refractivity contribution in [1.82, 2.24) is 0 Å². The molecule has 14 heavy (non-hydrogen) atoms. The van der Waals surface area contributed by atoms with Crippen molar-refractivity contribution in [2.75, 3.05) is 0 Å². The summed E-state index contributed by atoms with van der Waals surface area (Å²) >= 11 is 0. The van der Waals surface area contributed by atoms with Crippen LogP contribution in [0.5, 0.6) is 0 Å². The maximum atomic E-state index is 5.54. The Labute approximate surface area is 91.1 Å². The van der Waals surface area contributed by atoms with Crippen LogP contribution >= 0.6 is 0 Å². The summed E-state index contributed by atoms with van der Waals surface area (Å²) in [5, 5.41) is 0. The van der Waals surface area contributed by atoms with Crippen molar-refractivity contribution in [2.24, 2.45) is 5.64 Å². The molecule has 0 aromatic carbocycles. The molecule has 83 valence electrons. The fraction of sp³-hybridized carbons (Fsp3) is 1.00. The second kappa shape index (κ2) is 11.1. The third-order valence-corrected chi connectivity index (χ3v) is 2.98. The summed E-state index contributed by atoms with van der Waals surface area (Å²) in [6, 6.07) is 0. The van der Waals surface area contributed by atoms with E-state index in [1.807, 2.05) is 7.41 Å². The number of unbranched alkanes of at least 4 members (excludes halogenated alkanes) is 6. The van der Waals surface area contributed by atoms with Gasteiger partial charge in [-0.1, -0.05) is 77.5 Å². The first kappa shape index (κ1) is 14.0. The molecular weight excluding hydrogens is 169 g/mol. The largest absolute Gasteiger partial charge is 0.374 e. The van der Waals surface area contributed by atoms with E-state index in [1.54, 1.807) is 0 Å². The standard InChI is InChI=1S/C12H27BN/c1-3-5-6-7-8-9-10-11-12(4-2)13-14/h12H,3-11,14H2,1-2H3. The smallest absolute Gasteiger partial charge is 0.205 e. The van der Waals surface area contributed by atoms with E-state index >= 15 is 0 Å². The van der Waals surface area contributed by atoms with Gasteiger partial charge < -0.3 is 5.64 Å². The highest BCUT2D eigenvalue weighted by Gasteiger charge is 2.03. The van der Waals surface area contributed by atoms with Crippen LogP contribution in [-0.2, 0) is 0 Å². The van der Waals surface area contributed by atoms with E-state index in [9.17, 15) is 0 Å². The van der Waals surface area contributed by atoms with Crippen LogP contribution in [0, 0.1) is 0 Å². The van der Waals surface area contributed by atoms with Crippen molar-refractivity contribution in [1.29, 1.82) is 0 Å². The highest BCUT2D eigenvalue weighted by atomic mass is 14.4. The van der Waals surface area contributed by atoms with E-state index in [-0.39, 0.29) is 0 Å². The Morgan fingerprint density at radius 3 is 2.00 bits per heavy atom. The predicted molar refractivity (Wildman–Crippen MR) is 66.6 cm³/mol. The van der Waals surface area contributed by atoms with Crippen molar-refractivity contribution in [3.05, 3.63) is 0 Å². The molecule has 0 saturated carbocycles. The lowest BCUT2D eigenvalue weighted by molar-refractivity contribution is 0.560. The van der Waals surface area contributed by atoms with Gasteiger partial charge in [0.05, 0.1) is 0 Å². The Kier molecular flexibility index (Phi) is 11.1. The quantitative estimate of drug-likeness (QED) is 0.416. The average Bonchev–Trinajstić information content (AvgIpc) is 2.22. The van der Waals surface area contributed by atoms with Gasteiger partial charge in [-0.2, -0.15) is 0 Å². The molecule has 0 spiro atoms. The average molecular weight is 196 g/mol. The van der Waals surface area contributed by atoms with E-state index < -0.39 is 0 Å². The first-order valence-electron chi connectivity index (χ1n) is 6.40. The van der Waals surface area contributed by atoms with Crippen molar-refractivity contribution < 1.29 is 0 Å². The van der Waals surface area contributed by atoms with Crippen LogP contribution in [0.1, 0.15) is 71.6 Å². The Hall–Kier alpha value is 0.0249. The lowest BCUT2D eigenvalue weighted by Crippen LogP contribution is -2.12. The van der Waals surface area contributed by atoms with E-state index in [4.69, 9.17) is 5.64 Å². The first-order chi connectivity index (χ1) is 6.85. The second-order valence-electron chi connectivity index (χ2n) is 4.27. The Balaban J connectivity index is 3.04. The van der Waals surface area contributed by atoms with Crippen molar-refractivity contribution in [3.8, 4) is 0 Å². The molecule has 0 heterocycles. The molecule has 0 aromatic rings. The zero-order valence-electron chi connectivity index (χ0n) is 10.1. The van der Waals surface area contributed by atoms with Crippen LogP contribution in [0.2, 0.25) is 5.82 Å². The molecule has 0 aromatic heterocycles. The van der Waals surface area contributed by atoms with Crippen molar-refractivity contribution in [2.45, 2.75) is 77.5 Å². The SMILES string of the molecule is CCCCCCCCCC([B]N)CC. The summed E-state index contributed by atoms with van der Waals surface area (Å²) < 4.78 is 0. The molecule has 2 N–H and O–H groups in total. The summed E-state index contributed by atoms with van der Waals surface area (Å²) in [5.74, 6) is 0.658. The summed E-state index contributed by atoms with van der Waals surface area (Å²) in [6.07, 6.45) is 12.3. The summed E-state index contributed by atoms with van der Waals surface area (Å²) in [7, 11) is 1.87. The van der Waals surface area contributed by atoms with Crippen molar-refractivity contribution in [3.63, 3.8) is 0 Å². The number of rotatable bonds is 10. The highest BCUT2D eigenvalue weighted by molar-refractivity contribution is 6.33. The van der Waals surface area contributed by atoms with Crippen LogP contribution in [0.25, 0.3) is 0 Å². The van der Waals surface area contributed by atoms with E-state index in [0.717, 1.165) is 0 Å². The van der Waals surface area contributed by atoms with Gasteiger partial charge in [-0.05, 0) is 0 Å². The Morgan fingerprint density at radius 2 is 1.50 bits per heavy atom. The zero-order valence-corrected chi connectivity index (χ0v) is 10.1. The molecular formula is C12H27BN. The van der Waals surface area contributed by atoms with Gasteiger partial charge in [0.25, 0.3) is 0 Å². The van der Waals surface area contributed by atoms with Crippen LogP contribution in [0.15, 0.2) is 0 Å². The minimum atomic E-state index is 0.658. The first-order valence-corrected chi connectivity index (χ1v) is 6.40. The third kappa shape index (κ3) is 8.62. The second-order valence-corrected chi connectivity index (χ2v) is 4.27. The van der Waals surface area contributed by atoms with Crippen LogP contribution in [0.4, 0.5) is 0 Å². The summed E-state index contributed by atoms with van der Waals surface area (Å²) in [4.78, 5) is 0. The van der Waals surface area contributed by atoms with Gasteiger partial charge in [-0.15, -0.1) is 0 Å². The van der Waals surface area contributed by atoms with Gasteiger partial charge in [-0.3, -0.25) is 0 Å². The van der Waals surface area contributed by atoms with Crippen molar-refractivity contribution >= 4 is 7.41 Å². The normalized spacial score (nSPS) is 12.8. The molecule has 1 unspecified atom stereocenters. The van der Waals surface area contributed by atoms with E-state index in [2.05, 4.69) is 13.8 Å². The molecule has 1 radical (unpaired) electrons. The fourth-order valence-electron chi connectivity index (χ4n) is 1.80. The molecule has 0 bridgehead atoms. The number of hydrogen-bond acceptors (Lipinski definition) is 1. The third-order valence-electron chi connectivity index (χ3n) is 2.98. The van der Waals surface area contributed by atoms with Gasteiger partial charge in [0, 0.05) is 0 Å². The van der Waals surface area contributed by atoms with Gasteiger partial charge in [0.1, 0.15) is 0 Å². The molecule has 2 heteroatoms. The minimum absolute atomic E-state index is 0.658. The lowest BCUT2D eigenvalue weighted by atomic mass is 9.72. The summed E-state index contributed by atoms with van der Waals surface area (Å²) in [6.45, 7) is 4.48. The van der Waals surface area contributed by atoms with Crippen LogP contribution in [-0.4, -0.2) is 7.41 Å². The van der Waals surface area contributed by atoms with E-state index in [1.165, 1.54) is 57.8 Å². The monoisotopic (exact) mass is 196 g/mol. The number of nitrogens with two attached hydrogens (primary N) is 1. The Morgan fingerprint density at radius 1 is 0.929 bits per heavy atom. The van der Waals surface area contributed by atoms with Gasteiger partial charge in [0.2, 0.25) is 7.41 Å². The molecule has 0 fully saturated rings.